The number of rotatable bonds is 6. The third kappa shape index (κ3) is 4.83. The highest BCUT2D eigenvalue weighted by atomic mass is 19.1. The first-order valence-corrected chi connectivity index (χ1v) is 7.03. The summed E-state index contributed by atoms with van der Waals surface area (Å²) >= 11 is 0. The molecule has 0 saturated carbocycles. The second-order valence-electron chi connectivity index (χ2n) is 5.31. The molecule has 1 heterocycles. The van der Waals surface area contributed by atoms with Gasteiger partial charge >= 0.3 is 0 Å². The van der Waals surface area contributed by atoms with E-state index in [1.54, 1.807) is 7.11 Å². The summed E-state index contributed by atoms with van der Waals surface area (Å²) in [7, 11) is 1.60. The average Bonchev–Trinajstić information content (AvgIpc) is 2.44. The standard InChI is InChI=1S/C15H23FN2O2/c1-20-12-15(19)11-18-8-6-17(7-9-18)10-13-2-4-14(16)5-3-13/h2-5,15,19H,6-12H2,1H3. The van der Waals surface area contributed by atoms with Gasteiger partial charge in [-0.1, -0.05) is 12.1 Å². The van der Waals surface area contributed by atoms with Gasteiger partial charge in [0.25, 0.3) is 0 Å². The van der Waals surface area contributed by atoms with Crippen molar-refractivity contribution in [2.75, 3.05) is 46.4 Å². The van der Waals surface area contributed by atoms with E-state index in [0.717, 1.165) is 38.3 Å². The summed E-state index contributed by atoms with van der Waals surface area (Å²) in [5.41, 5.74) is 1.14. The highest BCUT2D eigenvalue weighted by Gasteiger charge is 2.19. The quantitative estimate of drug-likeness (QED) is 0.843. The molecule has 20 heavy (non-hydrogen) atoms. The van der Waals surface area contributed by atoms with Gasteiger partial charge in [0.2, 0.25) is 0 Å². The summed E-state index contributed by atoms with van der Waals surface area (Å²) in [5.74, 6) is -0.189. The first-order valence-electron chi connectivity index (χ1n) is 7.03. The van der Waals surface area contributed by atoms with E-state index in [0.29, 0.717) is 13.2 Å². The van der Waals surface area contributed by atoms with Gasteiger partial charge in [0.05, 0.1) is 12.7 Å². The van der Waals surface area contributed by atoms with E-state index >= 15 is 0 Å². The molecule has 1 atom stereocenters. The first-order chi connectivity index (χ1) is 9.67. The fourth-order valence-electron chi connectivity index (χ4n) is 2.52. The maximum absolute atomic E-state index is 12.8. The number of hydrogen-bond donors (Lipinski definition) is 1. The van der Waals surface area contributed by atoms with Crippen LogP contribution in [0, 0.1) is 5.82 Å². The van der Waals surface area contributed by atoms with Crippen molar-refractivity contribution in [3.8, 4) is 0 Å². The summed E-state index contributed by atoms with van der Waals surface area (Å²) in [6.45, 7) is 5.74. The Labute approximate surface area is 119 Å². The van der Waals surface area contributed by atoms with Crippen LogP contribution in [0.5, 0.6) is 0 Å². The minimum atomic E-state index is -0.413. The fourth-order valence-corrected chi connectivity index (χ4v) is 2.52. The van der Waals surface area contributed by atoms with Gasteiger partial charge in [0.1, 0.15) is 5.82 Å². The third-order valence-electron chi connectivity index (χ3n) is 3.61. The Morgan fingerprint density at radius 1 is 1.15 bits per heavy atom. The number of benzene rings is 1. The maximum atomic E-state index is 12.8. The van der Waals surface area contributed by atoms with Gasteiger partial charge in [-0.25, -0.2) is 4.39 Å². The SMILES string of the molecule is COCC(O)CN1CCN(Cc2ccc(F)cc2)CC1. The van der Waals surface area contributed by atoms with Gasteiger partial charge in [-0.15, -0.1) is 0 Å². The lowest BCUT2D eigenvalue weighted by atomic mass is 10.2. The number of β-amino-alcohol motifs (C(OH)–C–C–N with tert-alkyl or cyclic N) is 1. The molecule has 0 spiro atoms. The zero-order valence-corrected chi connectivity index (χ0v) is 12.0. The van der Waals surface area contributed by atoms with Gasteiger partial charge in [0, 0.05) is 46.4 Å². The topological polar surface area (TPSA) is 35.9 Å². The van der Waals surface area contributed by atoms with Gasteiger partial charge in [-0.3, -0.25) is 9.80 Å². The summed E-state index contributed by atoms with van der Waals surface area (Å²) in [6, 6.07) is 6.69. The monoisotopic (exact) mass is 282 g/mol. The number of aliphatic hydroxyl groups is 1. The average molecular weight is 282 g/mol. The molecule has 0 aliphatic carbocycles. The molecule has 0 bridgehead atoms. The Balaban J connectivity index is 1.72. The van der Waals surface area contributed by atoms with E-state index < -0.39 is 6.10 Å². The number of piperazine rings is 1. The second-order valence-corrected chi connectivity index (χ2v) is 5.31. The molecule has 1 N–H and O–H groups in total. The molecule has 0 radical (unpaired) electrons. The number of nitrogens with zero attached hydrogens (tertiary/aromatic N) is 2. The van der Waals surface area contributed by atoms with Gasteiger partial charge in [-0.05, 0) is 17.7 Å². The fraction of sp³-hybridized carbons (Fsp3) is 0.600. The van der Waals surface area contributed by atoms with Crippen LogP contribution < -0.4 is 0 Å². The van der Waals surface area contributed by atoms with Gasteiger partial charge in [-0.2, -0.15) is 0 Å². The second kappa shape index (κ2) is 7.69. The lowest BCUT2D eigenvalue weighted by Crippen LogP contribution is -2.48. The molecule has 1 saturated heterocycles. The van der Waals surface area contributed by atoms with E-state index in [1.165, 1.54) is 12.1 Å². The Kier molecular flexibility index (Phi) is 5.91. The van der Waals surface area contributed by atoms with Crippen molar-refractivity contribution in [3.05, 3.63) is 35.6 Å². The molecule has 0 aromatic heterocycles. The van der Waals surface area contributed by atoms with Crippen molar-refractivity contribution in [1.29, 1.82) is 0 Å². The van der Waals surface area contributed by atoms with Crippen molar-refractivity contribution < 1.29 is 14.2 Å². The van der Waals surface area contributed by atoms with Crippen molar-refractivity contribution >= 4 is 0 Å². The molecule has 1 aromatic rings. The predicted octanol–water partition coefficient (Wildman–Crippen LogP) is 0.951. The third-order valence-corrected chi connectivity index (χ3v) is 3.61. The minimum absolute atomic E-state index is 0.189. The highest BCUT2D eigenvalue weighted by molar-refractivity contribution is 5.15. The van der Waals surface area contributed by atoms with Crippen LogP contribution in [0.2, 0.25) is 0 Å². The lowest BCUT2D eigenvalue weighted by molar-refractivity contribution is 0.0230. The molecule has 1 aliphatic heterocycles. The summed E-state index contributed by atoms with van der Waals surface area (Å²) in [5, 5.41) is 9.71. The Morgan fingerprint density at radius 2 is 1.75 bits per heavy atom. The van der Waals surface area contributed by atoms with Crippen LogP contribution in [-0.4, -0.2) is 67.5 Å². The van der Waals surface area contributed by atoms with E-state index in [4.69, 9.17) is 4.74 Å². The normalized spacial score (nSPS) is 19.1. The van der Waals surface area contributed by atoms with Crippen LogP contribution in [0.1, 0.15) is 5.56 Å². The van der Waals surface area contributed by atoms with Crippen molar-refractivity contribution in [2.24, 2.45) is 0 Å². The van der Waals surface area contributed by atoms with Crippen LogP contribution >= 0.6 is 0 Å². The lowest BCUT2D eigenvalue weighted by Gasteiger charge is -2.35. The molecular formula is C15H23FN2O2. The van der Waals surface area contributed by atoms with E-state index in [2.05, 4.69) is 9.80 Å². The van der Waals surface area contributed by atoms with Gasteiger partial charge < -0.3 is 9.84 Å². The molecule has 0 amide bonds. The largest absolute Gasteiger partial charge is 0.389 e. The van der Waals surface area contributed by atoms with Crippen LogP contribution in [0.15, 0.2) is 24.3 Å². The highest BCUT2D eigenvalue weighted by Crippen LogP contribution is 2.10. The van der Waals surface area contributed by atoms with Crippen molar-refractivity contribution in [2.45, 2.75) is 12.6 Å². The van der Waals surface area contributed by atoms with Crippen LogP contribution in [0.25, 0.3) is 0 Å². The van der Waals surface area contributed by atoms with Gasteiger partial charge in [0.15, 0.2) is 0 Å². The van der Waals surface area contributed by atoms with E-state index in [-0.39, 0.29) is 5.82 Å². The molecule has 1 aliphatic rings. The number of ether oxygens (including phenoxy) is 1. The molecule has 5 heteroatoms. The van der Waals surface area contributed by atoms with E-state index in [9.17, 15) is 9.50 Å². The molecular weight excluding hydrogens is 259 g/mol. The van der Waals surface area contributed by atoms with Crippen LogP contribution in [0.3, 0.4) is 0 Å². The molecule has 1 fully saturated rings. The Morgan fingerprint density at radius 3 is 2.35 bits per heavy atom. The Hall–Kier alpha value is -1.01. The summed E-state index contributed by atoms with van der Waals surface area (Å²) in [4.78, 5) is 4.61. The predicted molar refractivity (Wildman–Crippen MR) is 76.0 cm³/mol. The molecule has 112 valence electrons. The van der Waals surface area contributed by atoms with E-state index in [1.807, 2.05) is 12.1 Å². The molecule has 4 nitrogen and oxygen atoms in total. The smallest absolute Gasteiger partial charge is 0.123 e. The van der Waals surface area contributed by atoms with Crippen LogP contribution in [0.4, 0.5) is 4.39 Å². The Bertz CT molecular complexity index is 391. The van der Waals surface area contributed by atoms with Crippen molar-refractivity contribution in [3.63, 3.8) is 0 Å². The minimum Gasteiger partial charge on any atom is -0.389 e. The van der Waals surface area contributed by atoms with Crippen LogP contribution in [-0.2, 0) is 11.3 Å². The maximum Gasteiger partial charge on any atom is 0.123 e. The molecule has 1 aromatic carbocycles. The number of halogens is 1. The first kappa shape index (κ1) is 15.4. The summed E-state index contributed by atoms with van der Waals surface area (Å²) < 4.78 is 17.8. The number of aliphatic hydroxyl groups excluding tert-OH is 1. The number of hydrogen-bond acceptors (Lipinski definition) is 4. The van der Waals surface area contributed by atoms with Crippen molar-refractivity contribution in [1.82, 2.24) is 9.80 Å². The summed E-state index contributed by atoms with van der Waals surface area (Å²) in [6.07, 6.45) is -0.413. The number of methoxy groups -OCH3 is 1. The zero-order valence-electron chi connectivity index (χ0n) is 12.0. The molecule has 2 rings (SSSR count). The zero-order chi connectivity index (χ0) is 14.4. The molecule has 1 unspecified atom stereocenters.